The van der Waals surface area contributed by atoms with Crippen molar-refractivity contribution >= 4 is 50.7 Å². The van der Waals surface area contributed by atoms with E-state index in [0.29, 0.717) is 22.0 Å². The molecule has 0 aliphatic rings. The number of aryl methyl sites for hydroxylation is 2. The highest BCUT2D eigenvalue weighted by Gasteiger charge is 2.34. The average molecular weight is 619 g/mol. The molecule has 0 bridgehead atoms. The predicted molar refractivity (Wildman–Crippen MR) is 166 cm³/mol. The standard InChI is InChI=1S/C31H37Cl2N3O4S/c1-6-23(5)34-31(38)29(7-2)35(19-24-10-8-9-11-27(24)32)30(37)20-36(25-15-14-22(4)28(33)18-25)41(39,40)26-16-12-21(3)13-17-26/h8-18,23,29H,6-7,19-20H2,1-5H3,(H,34,38)/t23-,29-/m0/s1. The molecule has 3 aromatic rings. The number of amides is 2. The molecule has 0 spiro atoms. The van der Waals surface area contributed by atoms with E-state index in [-0.39, 0.29) is 29.1 Å². The van der Waals surface area contributed by atoms with Crippen LogP contribution in [0.15, 0.2) is 71.6 Å². The summed E-state index contributed by atoms with van der Waals surface area (Å²) < 4.78 is 29.0. The summed E-state index contributed by atoms with van der Waals surface area (Å²) in [5.74, 6) is -0.864. The summed E-state index contributed by atoms with van der Waals surface area (Å²) in [5.41, 5.74) is 2.55. The lowest BCUT2D eigenvalue weighted by atomic mass is 10.1. The van der Waals surface area contributed by atoms with Crippen LogP contribution in [0.3, 0.4) is 0 Å². The quantitative estimate of drug-likeness (QED) is 0.250. The Hall–Kier alpha value is -3.07. The van der Waals surface area contributed by atoms with Crippen molar-refractivity contribution in [3.05, 3.63) is 93.5 Å². The Balaban J connectivity index is 2.10. The van der Waals surface area contributed by atoms with Gasteiger partial charge in [-0.25, -0.2) is 8.42 Å². The maximum atomic E-state index is 14.2. The van der Waals surface area contributed by atoms with E-state index < -0.39 is 28.5 Å². The fourth-order valence-corrected chi connectivity index (χ4v) is 6.05. The van der Waals surface area contributed by atoms with Gasteiger partial charge in [0.2, 0.25) is 11.8 Å². The van der Waals surface area contributed by atoms with Gasteiger partial charge in [-0.05, 0) is 75.1 Å². The maximum Gasteiger partial charge on any atom is 0.264 e. The second-order valence-corrected chi connectivity index (χ2v) is 12.8. The van der Waals surface area contributed by atoms with Crippen LogP contribution >= 0.6 is 23.2 Å². The van der Waals surface area contributed by atoms with Gasteiger partial charge in [-0.15, -0.1) is 0 Å². The van der Waals surface area contributed by atoms with Gasteiger partial charge in [0.1, 0.15) is 12.6 Å². The minimum atomic E-state index is -4.19. The molecule has 0 saturated carbocycles. The van der Waals surface area contributed by atoms with E-state index >= 15 is 0 Å². The van der Waals surface area contributed by atoms with E-state index in [1.807, 2.05) is 34.6 Å². The van der Waals surface area contributed by atoms with Crippen LogP contribution < -0.4 is 9.62 Å². The average Bonchev–Trinajstić information content (AvgIpc) is 2.94. The number of halogens is 2. The van der Waals surface area contributed by atoms with E-state index in [4.69, 9.17) is 23.2 Å². The van der Waals surface area contributed by atoms with E-state index in [1.165, 1.54) is 23.1 Å². The van der Waals surface area contributed by atoms with Crippen LogP contribution in [0, 0.1) is 13.8 Å². The van der Waals surface area contributed by atoms with Crippen molar-refractivity contribution in [1.82, 2.24) is 10.2 Å². The minimum absolute atomic E-state index is 0.0258. The highest BCUT2D eigenvalue weighted by Crippen LogP contribution is 2.29. The molecule has 2 amide bonds. The first-order valence-electron chi connectivity index (χ1n) is 13.6. The third-order valence-corrected chi connectivity index (χ3v) is 9.58. The van der Waals surface area contributed by atoms with Crippen LogP contribution in [0.2, 0.25) is 10.0 Å². The molecule has 0 heterocycles. The number of benzene rings is 3. The van der Waals surface area contributed by atoms with E-state index in [2.05, 4.69) is 5.32 Å². The van der Waals surface area contributed by atoms with Crippen LogP contribution in [-0.2, 0) is 26.2 Å². The third kappa shape index (κ3) is 8.03. The van der Waals surface area contributed by atoms with Gasteiger partial charge in [0.25, 0.3) is 10.0 Å². The highest BCUT2D eigenvalue weighted by molar-refractivity contribution is 7.92. The molecule has 0 fully saturated rings. The maximum absolute atomic E-state index is 14.2. The van der Waals surface area contributed by atoms with Crippen molar-refractivity contribution in [2.45, 2.75) is 71.0 Å². The Morgan fingerprint density at radius 1 is 0.902 bits per heavy atom. The summed E-state index contributed by atoms with van der Waals surface area (Å²) in [6, 6.07) is 17.4. The zero-order chi connectivity index (χ0) is 30.3. The summed E-state index contributed by atoms with van der Waals surface area (Å²) in [6.45, 7) is 8.81. The molecule has 1 N–H and O–H groups in total. The Bertz CT molecular complexity index is 1480. The van der Waals surface area contributed by atoms with E-state index in [1.54, 1.807) is 48.5 Å². The molecule has 220 valence electrons. The minimum Gasteiger partial charge on any atom is -0.352 e. The molecule has 0 unspecified atom stereocenters. The van der Waals surface area contributed by atoms with Crippen LogP contribution in [0.25, 0.3) is 0 Å². The first kappa shape index (κ1) is 32.4. The molecule has 3 aromatic carbocycles. The molecule has 0 aromatic heterocycles. The van der Waals surface area contributed by atoms with Crippen molar-refractivity contribution in [2.75, 3.05) is 10.8 Å². The summed E-state index contributed by atoms with van der Waals surface area (Å²) >= 11 is 12.8. The second-order valence-electron chi connectivity index (χ2n) is 10.1. The number of carbonyl (C=O) groups excluding carboxylic acids is 2. The number of carbonyl (C=O) groups is 2. The Kier molecular flexibility index (Phi) is 11.2. The predicted octanol–water partition coefficient (Wildman–Crippen LogP) is 6.53. The number of hydrogen-bond donors (Lipinski definition) is 1. The Morgan fingerprint density at radius 3 is 2.15 bits per heavy atom. The summed E-state index contributed by atoms with van der Waals surface area (Å²) in [6.07, 6.45) is 1.04. The number of anilines is 1. The topological polar surface area (TPSA) is 86.8 Å². The fourth-order valence-electron chi connectivity index (χ4n) is 4.27. The van der Waals surface area contributed by atoms with Gasteiger partial charge < -0.3 is 10.2 Å². The van der Waals surface area contributed by atoms with Crippen molar-refractivity contribution < 1.29 is 18.0 Å². The molecular weight excluding hydrogens is 581 g/mol. The van der Waals surface area contributed by atoms with Crippen LogP contribution in [0.4, 0.5) is 5.69 Å². The van der Waals surface area contributed by atoms with E-state index in [0.717, 1.165) is 21.9 Å². The molecule has 2 atom stereocenters. The molecule has 0 radical (unpaired) electrons. The van der Waals surface area contributed by atoms with Gasteiger partial charge in [-0.2, -0.15) is 0 Å². The van der Waals surface area contributed by atoms with Crippen molar-refractivity contribution in [2.24, 2.45) is 0 Å². The summed E-state index contributed by atoms with van der Waals surface area (Å²) in [4.78, 5) is 29.0. The SMILES string of the molecule is CC[C@H](C)NC(=O)[C@H](CC)N(Cc1ccccc1Cl)C(=O)CN(c1ccc(C)c(Cl)c1)S(=O)(=O)c1ccc(C)cc1. The van der Waals surface area contributed by atoms with Gasteiger partial charge in [-0.3, -0.25) is 13.9 Å². The third-order valence-electron chi connectivity index (χ3n) is 7.02. The Labute approximate surface area is 253 Å². The lowest BCUT2D eigenvalue weighted by Gasteiger charge is -2.34. The molecule has 41 heavy (non-hydrogen) atoms. The van der Waals surface area contributed by atoms with Gasteiger partial charge in [0.05, 0.1) is 10.6 Å². The van der Waals surface area contributed by atoms with Gasteiger partial charge >= 0.3 is 0 Å². The molecule has 10 heteroatoms. The lowest BCUT2D eigenvalue weighted by molar-refractivity contribution is -0.140. The smallest absolute Gasteiger partial charge is 0.264 e. The molecule has 7 nitrogen and oxygen atoms in total. The van der Waals surface area contributed by atoms with E-state index in [9.17, 15) is 18.0 Å². The van der Waals surface area contributed by atoms with Crippen molar-refractivity contribution in [1.29, 1.82) is 0 Å². The normalized spacial score (nSPS) is 12.9. The Morgan fingerprint density at radius 2 is 1.56 bits per heavy atom. The molecule has 3 rings (SSSR count). The fraction of sp³-hybridized carbons (Fsp3) is 0.355. The van der Waals surface area contributed by atoms with Crippen LogP contribution in [0.1, 0.15) is 50.3 Å². The van der Waals surface area contributed by atoms with Gasteiger partial charge in [0, 0.05) is 22.6 Å². The lowest BCUT2D eigenvalue weighted by Crippen LogP contribution is -2.53. The zero-order valence-electron chi connectivity index (χ0n) is 24.0. The summed E-state index contributed by atoms with van der Waals surface area (Å²) in [7, 11) is -4.19. The van der Waals surface area contributed by atoms with Crippen molar-refractivity contribution in [3.63, 3.8) is 0 Å². The van der Waals surface area contributed by atoms with Crippen LogP contribution in [0.5, 0.6) is 0 Å². The number of nitrogens with zero attached hydrogens (tertiary/aromatic N) is 2. The first-order chi connectivity index (χ1) is 19.4. The highest BCUT2D eigenvalue weighted by atomic mass is 35.5. The van der Waals surface area contributed by atoms with Crippen molar-refractivity contribution in [3.8, 4) is 0 Å². The molecule has 0 saturated heterocycles. The second kappa shape index (κ2) is 14.2. The van der Waals surface area contributed by atoms with Gasteiger partial charge in [-0.1, -0.05) is 79.0 Å². The number of sulfonamides is 1. The molecule has 0 aliphatic carbocycles. The van der Waals surface area contributed by atoms with Gasteiger partial charge in [0.15, 0.2) is 0 Å². The number of rotatable bonds is 12. The largest absolute Gasteiger partial charge is 0.352 e. The summed E-state index contributed by atoms with van der Waals surface area (Å²) in [5, 5.41) is 3.77. The zero-order valence-corrected chi connectivity index (χ0v) is 26.4. The number of hydrogen-bond acceptors (Lipinski definition) is 4. The first-order valence-corrected chi connectivity index (χ1v) is 15.8. The molecular formula is C31H37Cl2N3O4S. The number of nitrogens with one attached hydrogen (secondary N) is 1. The van der Waals surface area contributed by atoms with Crippen LogP contribution in [-0.4, -0.2) is 43.8 Å². The molecule has 0 aliphatic heterocycles. The monoisotopic (exact) mass is 617 g/mol.